The van der Waals surface area contributed by atoms with E-state index in [4.69, 9.17) is 23.3 Å². The summed E-state index contributed by atoms with van der Waals surface area (Å²) in [5, 5.41) is 9.81. The zero-order valence-electron chi connectivity index (χ0n) is 49.3. The van der Waals surface area contributed by atoms with E-state index < -0.39 is 57.8 Å². The van der Waals surface area contributed by atoms with E-state index in [0.29, 0.717) is 19.3 Å². The molecule has 2 N–H and O–H groups in total. The third kappa shape index (κ3) is 56.8. The fraction of sp³-hybridized carbons (Fsp3) is 0.682. The van der Waals surface area contributed by atoms with Gasteiger partial charge in [-0.15, -0.1) is 0 Å². The van der Waals surface area contributed by atoms with E-state index in [-0.39, 0.29) is 25.9 Å². The van der Waals surface area contributed by atoms with Gasteiger partial charge in [0, 0.05) is 19.3 Å². The van der Waals surface area contributed by atoms with Crippen LogP contribution in [-0.4, -0.2) is 66.5 Å². The fourth-order valence-corrected chi connectivity index (χ4v) is 8.78. The summed E-state index contributed by atoms with van der Waals surface area (Å²) in [4.78, 5) is 48.6. The lowest BCUT2D eigenvalue weighted by atomic mass is 10.1. The molecule has 0 aliphatic heterocycles. The van der Waals surface area contributed by atoms with Gasteiger partial charge in [-0.25, -0.2) is 4.57 Å². The highest BCUT2D eigenvalue weighted by Crippen LogP contribution is 2.43. The first-order chi connectivity index (χ1) is 38.2. The van der Waals surface area contributed by atoms with Gasteiger partial charge < -0.3 is 24.2 Å². The molecule has 0 heterocycles. The van der Waals surface area contributed by atoms with Crippen molar-refractivity contribution in [3.05, 3.63) is 109 Å². The van der Waals surface area contributed by atoms with Gasteiger partial charge in [-0.3, -0.25) is 23.4 Å². The van der Waals surface area contributed by atoms with E-state index in [9.17, 15) is 28.9 Å². The highest BCUT2D eigenvalue weighted by atomic mass is 31.2. The lowest BCUT2D eigenvalue weighted by molar-refractivity contribution is -0.161. The van der Waals surface area contributed by atoms with E-state index in [2.05, 4.69) is 118 Å². The van der Waals surface area contributed by atoms with Crippen LogP contribution < -0.4 is 0 Å². The number of phosphoric acid groups is 1. The average molecular weight is 1110 g/mol. The average Bonchev–Trinajstić information content (AvgIpc) is 3.43. The summed E-state index contributed by atoms with van der Waals surface area (Å²) >= 11 is 0. The smallest absolute Gasteiger partial charge is 0.462 e. The molecule has 78 heavy (non-hydrogen) atoms. The number of ether oxygens (including phenoxy) is 3. The predicted octanol–water partition coefficient (Wildman–Crippen LogP) is 18.6. The summed E-state index contributed by atoms with van der Waals surface area (Å²) in [6.07, 6.45) is 72.0. The molecule has 0 rings (SSSR count). The minimum absolute atomic E-state index is 0.0507. The highest BCUT2D eigenvalue weighted by molar-refractivity contribution is 7.47. The highest BCUT2D eigenvalue weighted by Gasteiger charge is 2.28. The van der Waals surface area contributed by atoms with Crippen molar-refractivity contribution in [2.75, 3.05) is 26.4 Å². The fourth-order valence-electron chi connectivity index (χ4n) is 7.99. The number of aliphatic hydroxyl groups excluding tert-OH is 1. The Morgan fingerprint density at radius 1 is 0.372 bits per heavy atom. The van der Waals surface area contributed by atoms with Crippen LogP contribution in [0, 0.1) is 0 Å². The predicted molar refractivity (Wildman–Crippen MR) is 325 cm³/mol. The van der Waals surface area contributed by atoms with Crippen molar-refractivity contribution >= 4 is 25.7 Å². The number of esters is 3. The molecule has 3 atom stereocenters. The van der Waals surface area contributed by atoms with Crippen LogP contribution >= 0.6 is 7.82 Å². The topological polar surface area (TPSA) is 155 Å². The van der Waals surface area contributed by atoms with Crippen molar-refractivity contribution in [1.82, 2.24) is 0 Å². The second-order valence-corrected chi connectivity index (χ2v) is 21.6. The summed E-state index contributed by atoms with van der Waals surface area (Å²) in [5.74, 6) is -1.57. The van der Waals surface area contributed by atoms with Crippen LogP contribution in [0.15, 0.2) is 109 Å². The number of phosphoric ester groups is 1. The molecule has 0 aromatic heterocycles. The van der Waals surface area contributed by atoms with Crippen molar-refractivity contribution in [3.8, 4) is 0 Å². The summed E-state index contributed by atoms with van der Waals surface area (Å²) in [6.45, 7) is 4.38. The van der Waals surface area contributed by atoms with E-state index >= 15 is 0 Å². The number of hydrogen-bond donors (Lipinski definition) is 2. The maximum absolute atomic E-state index is 12.9. The van der Waals surface area contributed by atoms with Crippen molar-refractivity contribution in [3.63, 3.8) is 0 Å². The minimum atomic E-state index is -4.78. The Kier molecular flexibility index (Phi) is 56.3. The molecule has 0 radical (unpaired) electrons. The third-order valence-electron chi connectivity index (χ3n) is 12.7. The van der Waals surface area contributed by atoms with Crippen LogP contribution in [0.3, 0.4) is 0 Å². The largest absolute Gasteiger partial charge is 0.472 e. The SMILES string of the molecule is CC/C=C\C/C=C\C/C=C\C/C=C\CCC(=O)OC(CO)COP(=O)(O)OCC(COC(=O)CCCCCCCC/C=C\C/C=C\C/C=C\CCCCC)OC(=O)CCCCCCCCCCC/C=C\C/C=C\CCCCC. The summed E-state index contributed by atoms with van der Waals surface area (Å²) in [5.41, 5.74) is 0. The van der Waals surface area contributed by atoms with Gasteiger partial charge in [-0.05, 0) is 116 Å². The minimum Gasteiger partial charge on any atom is -0.462 e. The second kappa shape index (κ2) is 59.3. The van der Waals surface area contributed by atoms with E-state index in [1.165, 1.54) is 83.5 Å². The molecular formula is C66H111O11P. The van der Waals surface area contributed by atoms with Gasteiger partial charge in [0.1, 0.15) is 12.7 Å². The standard InChI is InChI=1S/C66H111O11P/c1-4-7-10-13-16-19-22-25-27-29-31-33-35-38-40-43-46-49-52-55-64(68)73-59-63(77-66(70)57-54-51-48-45-42-39-36-34-32-30-28-26-23-20-17-14-11-8-5-2)61-75-78(71,72)74-60-62(58-67)76-65(69)56-53-50-47-44-41-37-24-21-18-15-12-9-6-3/h9,12,16-21,25-28,31,33,37,41,47,50,62-63,67H,4-8,10-11,13-15,22-24,29-30,32,34-36,38-40,42-46,48-49,51-61H2,1-3H3,(H,71,72)/b12-9-,19-16-,20-17-,21-18-,27-25-,28-26-,33-31-,41-37-,50-47-. The molecule has 0 saturated heterocycles. The number of hydrogen-bond acceptors (Lipinski definition) is 10. The molecule has 0 aliphatic rings. The molecule has 11 nitrogen and oxygen atoms in total. The van der Waals surface area contributed by atoms with Gasteiger partial charge in [-0.2, -0.15) is 0 Å². The molecule has 0 aliphatic carbocycles. The zero-order chi connectivity index (χ0) is 56.9. The maximum Gasteiger partial charge on any atom is 0.472 e. The summed E-state index contributed by atoms with van der Waals surface area (Å²) < 4.78 is 39.5. The summed E-state index contributed by atoms with van der Waals surface area (Å²) in [6, 6.07) is 0. The Morgan fingerprint density at radius 2 is 0.692 bits per heavy atom. The first-order valence-electron chi connectivity index (χ1n) is 30.8. The van der Waals surface area contributed by atoms with Crippen LogP contribution in [0.5, 0.6) is 0 Å². The lowest BCUT2D eigenvalue weighted by Gasteiger charge is -2.21. The molecular weight excluding hydrogens is 1000 g/mol. The Hall–Kier alpha value is -3.86. The Morgan fingerprint density at radius 3 is 1.10 bits per heavy atom. The number of unbranched alkanes of at least 4 members (excludes halogenated alkanes) is 21. The zero-order valence-corrected chi connectivity index (χ0v) is 50.2. The van der Waals surface area contributed by atoms with Crippen LogP contribution in [0.2, 0.25) is 0 Å². The van der Waals surface area contributed by atoms with E-state index in [1.807, 2.05) is 12.2 Å². The van der Waals surface area contributed by atoms with E-state index in [0.717, 1.165) is 109 Å². The molecule has 3 unspecified atom stereocenters. The number of rotatable bonds is 56. The molecule has 0 aromatic rings. The van der Waals surface area contributed by atoms with Gasteiger partial charge in [0.15, 0.2) is 6.10 Å². The molecule has 0 amide bonds. The van der Waals surface area contributed by atoms with Crippen molar-refractivity contribution in [1.29, 1.82) is 0 Å². The normalized spacial score (nSPS) is 14.1. The van der Waals surface area contributed by atoms with Gasteiger partial charge in [0.05, 0.1) is 19.8 Å². The monoisotopic (exact) mass is 1110 g/mol. The van der Waals surface area contributed by atoms with Gasteiger partial charge in [-0.1, -0.05) is 226 Å². The molecule has 446 valence electrons. The Balaban J connectivity index is 4.80. The Bertz CT molecular complexity index is 1720. The summed E-state index contributed by atoms with van der Waals surface area (Å²) in [7, 11) is -4.78. The number of allylic oxidation sites excluding steroid dienone is 18. The van der Waals surface area contributed by atoms with Crippen LogP contribution in [0.25, 0.3) is 0 Å². The van der Waals surface area contributed by atoms with Gasteiger partial charge >= 0.3 is 25.7 Å². The third-order valence-corrected chi connectivity index (χ3v) is 13.6. The molecule has 12 heteroatoms. The van der Waals surface area contributed by atoms with Gasteiger partial charge in [0.2, 0.25) is 0 Å². The molecule has 0 fully saturated rings. The Labute approximate surface area is 475 Å². The number of carbonyl (C=O) groups is 3. The first kappa shape index (κ1) is 74.1. The van der Waals surface area contributed by atoms with Crippen LogP contribution in [-0.2, 0) is 42.2 Å². The number of aliphatic hydroxyl groups is 1. The van der Waals surface area contributed by atoms with Crippen LogP contribution in [0.1, 0.15) is 252 Å². The number of carbonyl (C=O) groups excluding carboxylic acids is 3. The van der Waals surface area contributed by atoms with Gasteiger partial charge in [0.25, 0.3) is 0 Å². The lowest BCUT2D eigenvalue weighted by Crippen LogP contribution is -2.30. The molecule has 0 saturated carbocycles. The second-order valence-electron chi connectivity index (χ2n) is 20.1. The van der Waals surface area contributed by atoms with Crippen molar-refractivity contribution in [2.45, 2.75) is 264 Å². The van der Waals surface area contributed by atoms with Crippen molar-refractivity contribution in [2.24, 2.45) is 0 Å². The molecule has 0 aromatic carbocycles. The van der Waals surface area contributed by atoms with Crippen molar-refractivity contribution < 1.29 is 52.2 Å². The molecule has 0 spiro atoms. The first-order valence-corrected chi connectivity index (χ1v) is 32.3. The quantitative estimate of drug-likeness (QED) is 0.0197. The molecule has 0 bridgehead atoms. The maximum atomic E-state index is 12.9. The van der Waals surface area contributed by atoms with Crippen LogP contribution in [0.4, 0.5) is 0 Å². The van der Waals surface area contributed by atoms with E-state index in [1.54, 1.807) is 0 Å².